The highest BCUT2D eigenvalue weighted by Crippen LogP contribution is 2.29. The van der Waals surface area contributed by atoms with Gasteiger partial charge in [0.25, 0.3) is 0 Å². The first kappa shape index (κ1) is 14.6. The molecule has 3 N–H and O–H groups in total. The second kappa shape index (κ2) is 5.48. The van der Waals surface area contributed by atoms with Crippen LogP contribution in [0.5, 0.6) is 0 Å². The van der Waals surface area contributed by atoms with Crippen LogP contribution in [0.25, 0.3) is 0 Å². The lowest BCUT2D eigenvalue weighted by Gasteiger charge is -2.27. The Kier molecular flexibility index (Phi) is 4.46. The van der Waals surface area contributed by atoms with Crippen LogP contribution in [-0.4, -0.2) is 16.6 Å². The Balaban J connectivity index is 2.75. The van der Waals surface area contributed by atoms with E-state index in [0.29, 0.717) is 6.42 Å². The van der Waals surface area contributed by atoms with E-state index < -0.39 is 11.5 Å². The zero-order valence-electron chi connectivity index (χ0n) is 11.0. The molecule has 0 aliphatic rings. The van der Waals surface area contributed by atoms with E-state index in [-0.39, 0.29) is 17.7 Å². The Morgan fingerprint density at radius 2 is 1.89 bits per heavy atom. The number of carboxylic acids is 1. The molecule has 0 bridgehead atoms. The Morgan fingerprint density at radius 1 is 1.39 bits per heavy atom. The van der Waals surface area contributed by atoms with E-state index in [4.69, 9.17) is 10.8 Å². The van der Waals surface area contributed by atoms with Gasteiger partial charge in [0.05, 0.1) is 0 Å². The first-order valence-corrected chi connectivity index (χ1v) is 6.02. The van der Waals surface area contributed by atoms with Crippen molar-refractivity contribution >= 4 is 5.97 Å². The number of benzene rings is 1. The number of nitrogens with two attached hydrogens (primary N) is 1. The first-order chi connectivity index (χ1) is 8.24. The molecule has 18 heavy (non-hydrogen) atoms. The highest BCUT2D eigenvalue weighted by molar-refractivity contribution is 5.77. The van der Waals surface area contributed by atoms with Crippen molar-refractivity contribution in [2.45, 2.75) is 38.6 Å². The molecule has 3 atom stereocenters. The molecular formula is C14H20FNO2. The lowest BCUT2D eigenvalue weighted by atomic mass is 9.80. The van der Waals surface area contributed by atoms with E-state index >= 15 is 0 Å². The number of halogens is 1. The third kappa shape index (κ3) is 3.53. The van der Waals surface area contributed by atoms with Gasteiger partial charge in [0.1, 0.15) is 11.4 Å². The SMILES string of the molecule is CC(CC(C)(N)C(=O)O)C(C)c1ccc(F)cc1. The molecule has 1 aromatic rings. The van der Waals surface area contributed by atoms with Crippen LogP contribution in [0.3, 0.4) is 0 Å². The standard InChI is InChI=1S/C14H20FNO2/c1-9(8-14(3,16)13(17)18)10(2)11-4-6-12(15)7-5-11/h4-7,9-10H,8,16H2,1-3H3,(H,17,18). The summed E-state index contributed by atoms with van der Waals surface area (Å²) in [4.78, 5) is 11.0. The normalized spacial score (nSPS) is 17.8. The van der Waals surface area contributed by atoms with Gasteiger partial charge in [-0.1, -0.05) is 26.0 Å². The lowest BCUT2D eigenvalue weighted by molar-refractivity contribution is -0.143. The van der Waals surface area contributed by atoms with Crippen LogP contribution in [0.2, 0.25) is 0 Å². The van der Waals surface area contributed by atoms with Gasteiger partial charge >= 0.3 is 5.97 Å². The molecule has 1 aromatic carbocycles. The van der Waals surface area contributed by atoms with Gasteiger partial charge in [0.15, 0.2) is 0 Å². The Labute approximate surface area is 107 Å². The quantitative estimate of drug-likeness (QED) is 0.848. The number of carbonyl (C=O) groups is 1. The number of aliphatic carboxylic acids is 1. The van der Waals surface area contributed by atoms with E-state index in [9.17, 15) is 9.18 Å². The summed E-state index contributed by atoms with van der Waals surface area (Å²) in [5.74, 6) is -1.04. The Bertz CT molecular complexity index is 414. The molecule has 0 heterocycles. The predicted molar refractivity (Wildman–Crippen MR) is 68.8 cm³/mol. The molecule has 0 aromatic heterocycles. The van der Waals surface area contributed by atoms with E-state index in [1.54, 1.807) is 12.1 Å². The number of rotatable bonds is 5. The molecule has 0 saturated carbocycles. The summed E-state index contributed by atoms with van der Waals surface area (Å²) >= 11 is 0. The summed E-state index contributed by atoms with van der Waals surface area (Å²) in [6.45, 7) is 5.47. The summed E-state index contributed by atoms with van der Waals surface area (Å²) < 4.78 is 12.8. The van der Waals surface area contributed by atoms with Gasteiger partial charge in [-0.05, 0) is 42.9 Å². The highest BCUT2D eigenvalue weighted by Gasteiger charge is 2.31. The largest absolute Gasteiger partial charge is 0.480 e. The van der Waals surface area contributed by atoms with Crippen LogP contribution < -0.4 is 5.73 Å². The van der Waals surface area contributed by atoms with Crippen molar-refractivity contribution in [1.29, 1.82) is 0 Å². The summed E-state index contributed by atoms with van der Waals surface area (Å²) in [6, 6.07) is 6.28. The zero-order valence-corrected chi connectivity index (χ0v) is 11.0. The topological polar surface area (TPSA) is 63.3 Å². The van der Waals surface area contributed by atoms with Crippen molar-refractivity contribution in [1.82, 2.24) is 0 Å². The van der Waals surface area contributed by atoms with Crippen molar-refractivity contribution < 1.29 is 14.3 Å². The van der Waals surface area contributed by atoms with Crippen LogP contribution in [0.4, 0.5) is 4.39 Å². The molecule has 0 fully saturated rings. The maximum absolute atomic E-state index is 12.8. The molecular weight excluding hydrogens is 233 g/mol. The van der Waals surface area contributed by atoms with Gasteiger partial charge < -0.3 is 10.8 Å². The summed E-state index contributed by atoms with van der Waals surface area (Å²) in [5, 5.41) is 9.00. The van der Waals surface area contributed by atoms with Crippen molar-refractivity contribution in [3.8, 4) is 0 Å². The fourth-order valence-electron chi connectivity index (χ4n) is 2.03. The fourth-order valence-corrected chi connectivity index (χ4v) is 2.03. The summed E-state index contributed by atoms with van der Waals surface area (Å²) in [5.41, 5.74) is 5.50. The maximum atomic E-state index is 12.8. The van der Waals surface area contributed by atoms with Crippen LogP contribution in [-0.2, 0) is 4.79 Å². The van der Waals surface area contributed by atoms with Crippen LogP contribution >= 0.6 is 0 Å². The molecule has 4 heteroatoms. The molecule has 0 amide bonds. The van der Waals surface area contributed by atoms with Crippen molar-refractivity contribution in [2.75, 3.05) is 0 Å². The molecule has 0 saturated heterocycles. The van der Waals surface area contributed by atoms with E-state index in [1.165, 1.54) is 19.1 Å². The first-order valence-electron chi connectivity index (χ1n) is 6.02. The van der Waals surface area contributed by atoms with E-state index in [0.717, 1.165) is 5.56 Å². The average Bonchev–Trinajstić information content (AvgIpc) is 2.28. The molecule has 3 nitrogen and oxygen atoms in total. The molecule has 0 spiro atoms. The second-order valence-electron chi connectivity index (χ2n) is 5.24. The Hall–Kier alpha value is -1.42. The van der Waals surface area contributed by atoms with Gasteiger partial charge in [0, 0.05) is 0 Å². The number of hydrogen-bond acceptors (Lipinski definition) is 2. The predicted octanol–water partition coefficient (Wildman–Crippen LogP) is 2.76. The minimum Gasteiger partial charge on any atom is -0.480 e. The third-order valence-electron chi connectivity index (χ3n) is 3.48. The summed E-state index contributed by atoms with van der Waals surface area (Å²) in [7, 11) is 0. The van der Waals surface area contributed by atoms with Gasteiger partial charge in [0.2, 0.25) is 0 Å². The van der Waals surface area contributed by atoms with Crippen LogP contribution in [0.1, 0.15) is 38.7 Å². The van der Waals surface area contributed by atoms with E-state index in [2.05, 4.69) is 0 Å². The average molecular weight is 253 g/mol. The summed E-state index contributed by atoms with van der Waals surface area (Å²) in [6.07, 6.45) is 0.376. The van der Waals surface area contributed by atoms with Gasteiger partial charge in [-0.15, -0.1) is 0 Å². The van der Waals surface area contributed by atoms with Crippen LogP contribution in [0.15, 0.2) is 24.3 Å². The molecule has 100 valence electrons. The maximum Gasteiger partial charge on any atom is 0.323 e. The van der Waals surface area contributed by atoms with Gasteiger partial charge in [-0.3, -0.25) is 4.79 Å². The monoisotopic (exact) mass is 253 g/mol. The molecule has 0 radical (unpaired) electrons. The molecule has 3 unspecified atom stereocenters. The molecule has 1 rings (SSSR count). The van der Waals surface area contributed by atoms with Crippen molar-refractivity contribution in [3.63, 3.8) is 0 Å². The van der Waals surface area contributed by atoms with Gasteiger partial charge in [-0.25, -0.2) is 4.39 Å². The Morgan fingerprint density at radius 3 is 2.33 bits per heavy atom. The smallest absolute Gasteiger partial charge is 0.323 e. The number of hydrogen-bond donors (Lipinski definition) is 2. The van der Waals surface area contributed by atoms with Crippen LogP contribution in [0, 0.1) is 11.7 Å². The minimum absolute atomic E-state index is 0.0987. The second-order valence-corrected chi connectivity index (χ2v) is 5.24. The molecule has 0 aliphatic heterocycles. The third-order valence-corrected chi connectivity index (χ3v) is 3.48. The van der Waals surface area contributed by atoms with E-state index in [1.807, 2.05) is 13.8 Å². The molecule has 0 aliphatic carbocycles. The minimum atomic E-state index is -1.23. The lowest BCUT2D eigenvalue weighted by Crippen LogP contribution is -2.46. The van der Waals surface area contributed by atoms with Crippen molar-refractivity contribution in [3.05, 3.63) is 35.6 Å². The van der Waals surface area contributed by atoms with Gasteiger partial charge in [-0.2, -0.15) is 0 Å². The number of carboxylic acid groups (broad SMARTS) is 1. The van der Waals surface area contributed by atoms with Crippen molar-refractivity contribution in [2.24, 2.45) is 11.7 Å². The highest BCUT2D eigenvalue weighted by atomic mass is 19.1. The zero-order chi connectivity index (χ0) is 13.9. The fraction of sp³-hybridized carbons (Fsp3) is 0.500.